The lowest BCUT2D eigenvalue weighted by Crippen LogP contribution is -2.52. The Hall–Kier alpha value is -7.01. The number of aliphatic carboxylic acids is 1. The van der Waals surface area contributed by atoms with Gasteiger partial charge in [-0.25, -0.2) is 4.79 Å². The topological polar surface area (TPSA) is 273 Å². The van der Waals surface area contributed by atoms with Crippen molar-refractivity contribution >= 4 is 47.1 Å². The highest BCUT2D eigenvalue weighted by molar-refractivity contribution is 6.05. The van der Waals surface area contributed by atoms with Crippen LogP contribution in [0.25, 0.3) is 0 Å². The molecule has 61 heavy (non-hydrogen) atoms. The highest BCUT2D eigenvalue weighted by atomic mass is 16.4. The molecule has 17 nitrogen and oxygen atoms in total. The van der Waals surface area contributed by atoms with Gasteiger partial charge in [-0.3, -0.25) is 28.8 Å². The summed E-state index contributed by atoms with van der Waals surface area (Å²) in [5.74, 6) is -5.99. The summed E-state index contributed by atoms with van der Waals surface area (Å²) in [4.78, 5) is 91.5. The minimum atomic E-state index is -1.56. The maximum Gasteiger partial charge on any atom is 0.328 e. The Bertz CT molecular complexity index is 2060. The zero-order chi connectivity index (χ0) is 45.1. The van der Waals surface area contributed by atoms with Crippen molar-refractivity contribution in [3.8, 4) is 11.5 Å². The molecule has 0 aliphatic rings. The van der Waals surface area contributed by atoms with Crippen molar-refractivity contribution in [2.45, 2.75) is 96.9 Å². The van der Waals surface area contributed by atoms with Gasteiger partial charge in [0.05, 0.1) is 6.10 Å². The number of allylic oxidation sites excluding steroid dienone is 2. The van der Waals surface area contributed by atoms with E-state index in [1.165, 1.54) is 98.8 Å². The number of benzene rings is 3. The molecule has 0 fully saturated rings. The number of phenols is 2. The van der Waals surface area contributed by atoms with Gasteiger partial charge in [0.2, 0.25) is 11.8 Å². The summed E-state index contributed by atoms with van der Waals surface area (Å²) in [5, 5.41) is 54.0. The van der Waals surface area contributed by atoms with E-state index in [2.05, 4.69) is 38.8 Å². The molecule has 1 unspecified atom stereocenters. The van der Waals surface area contributed by atoms with E-state index < -0.39 is 59.7 Å². The van der Waals surface area contributed by atoms with Crippen molar-refractivity contribution in [1.29, 1.82) is 0 Å². The van der Waals surface area contributed by atoms with E-state index in [1.807, 2.05) is 0 Å². The van der Waals surface area contributed by atoms with Crippen LogP contribution in [0.15, 0.2) is 96.3 Å². The smallest absolute Gasteiger partial charge is 0.328 e. The first-order chi connectivity index (χ1) is 29.1. The monoisotopic (exact) mass is 842 g/mol. The van der Waals surface area contributed by atoms with Crippen LogP contribution in [-0.4, -0.2) is 80.0 Å². The number of aromatic hydroxyl groups is 2. The van der Waals surface area contributed by atoms with Crippen LogP contribution in [-0.2, 0) is 35.2 Å². The molecule has 0 aliphatic heterocycles. The molecule has 0 bridgehead atoms. The number of hydrogen-bond donors (Lipinski definition) is 10. The number of amides is 6. The number of unbranched alkanes of at least 4 members (excludes halogenated alkanes) is 4. The molecule has 326 valence electrons. The van der Waals surface area contributed by atoms with Crippen molar-refractivity contribution in [3.05, 3.63) is 113 Å². The lowest BCUT2D eigenvalue weighted by molar-refractivity contribution is -0.141. The Balaban J connectivity index is 1.83. The summed E-state index contributed by atoms with van der Waals surface area (Å²) in [7, 11) is 0. The Morgan fingerprint density at radius 1 is 0.672 bits per heavy atom. The summed E-state index contributed by atoms with van der Waals surface area (Å²) < 4.78 is 0. The molecule has 3 rings (SSSR count). The fraction of sp³-hybridized carbons (Fsp3) is 0.341. The van der Waals surface area contributed by atoms with Crippen molar-refractivity contribution < 1.29 is 54.0 Å². The normalized spacial score (nSPS) is 13.4. The Kier molecular flexibility index (Phi) is 19.2. The lowest BCUT2D eigenvalue weighted by atomic mass is 10.0. The summed E-state index contributed by atoms with van der Waals surface area (Å²) in [6.45, 7) is 6.34. The van der Waals surface area contributed by atoms with Gasteiger partial charge >= 0.3 is 5.97 Å². The van der Waals surface area contributed by atoms with Gasteiger partial charge in [-0.05, 0) is 86.8 Å². The van der Waals surface area contributed by atoms with Crippen molar-refractivity contribution in [3.63, 3.8) is 0 Å². The van der Waals surface area contributed by atoms with Crippen LogP contribution < -0.4 is 31.9 Å². The number of hydrogen-bond acceptors (Lipinski definition) is 10. The number of anilines is 1. The molecular weight excluding hydrogens is 789 g/mol. The van der Waals surface area contributed by atoms with E-state index in [-0.39, 0.29) is 58.5 Å². The van der Waals surface area contributed by atoms with Crippen LogP contribution in [0.2, 0.25) is 0 Å². The fourth-order valence-corrected chi connectivity index (χ4v) is 5.87. The third kappa shape index (κ3) is 15.6. The van der Waals surface area contributed by atoms with Gasteiger partial charge in [0, 0.05) is 24.1 Å². The molecular formula is C44H54N6O11. The number of carbonyl (C=O) groups is 7. The van der Waals surface area contributed by atoms with Crippen LogP contribution in [0.5, 0.6) is 11.5 Å². The number of phenolic OH excluding ortho intramolecular Hbond substituents is 2. The van der Waals surface area contributed by atoms with Gasteiger partial charge in [-0.1, -0.05) is 69.0 Å². The van der Waals surface area contributed by atoms with Gasteiger partial charge in [0.25, 0.3) is 23.6 Å². The fourth-order valence-electron chi connectivity index (χ4n) is 5.87. The van der Waals surface area contributed by atoms with Crippen LogP contribution in [0.4, 0.5) is 5.69 Å². The maximum atomic E-state index is 14.1. The second kappa shape index (κ2) is 24.2. The average Bonchev–Trinajstić information content (AvgIpc) is 3.23. The quantitative estimate of drug-likeness (QED) is 0.0516. The molecule has 3 aromatic carbocycles. The van der Waals surface area contributed by atoms with E-state index in [0.717, 1.165) is 25.7 Å². The summed E-state index contributed by atoms with van der Waals surface area (Å²) in [5.41, 5.74) is 0.629. The number of aliphatic hydroxyl groups is 1. The van der Waals surface area contributed by atoms with Crippen LogP contribution in [0.3, 0.4) is 0 Å². The molecule has 0 aliphatic carbocycles. The van der Waals surface area contributed by atoms with E-state index in [1.54, 1.807) is 6.92 Å². The third-order valence-electron chi connectivity index (χ3n) is 9.32. The van der Waals surface area contributed by atoms with Gasteiger partial charge in [-0.2, -0.15) is 0 Å². The molecule has 10 N–H and O–H groups in total. The second-order valence-electron chi connectivity index (χ2n) is 14.1. The summed E-state index contributed by atoms with van der Waals surface area (Å²) >= 11 is 0. The first-order valence-electron chi connectivity index (χ1n) is 19.8. The molecule has 6 amide bonds. The number of carbonyl (C=O) groups excluding carboxylic acids is 6. The molecule has 0 radical (unpaired) electrons. The molecule has 17 heteroatoms. The van der Waals surface area contributed by atoms with Crippen LogP contribution in [0, 0.1) is 0 Å². The summed E-state index contributed by atoms with van der Waals surface area (Å²) in [6.07, 6.45) is 6.07. The highest BCUT2D eigenvalue weighted by Gasteiger charge is 2.30. The van der Waals surface area contributed by atoms with Gasteiger partial charge in [0.1, 0.15) is 35.0 Å². The SMILES string of the molecule is C/C=C(/NC(=O)CCCCCCC)C(=O)N/C(=C/C)C(=O)N[C@H](Cc1ccc(O)cc1)C(=O)N[C@H](C(=O)Nc1ccc(C(=O)NC(C(=O)O)[C@@H](C)O)cc1)c1ccc(O)cc1. The molecule has 0 aromatic heterocycles. The maximum absolute atomic E-state index is 14.1. The van der Waals surface area contributed by atoms with E-state index in [9.17, 15) is 54.0 Å². The Morgan fingerprint density at radius 3 is 1.80 bits per heavy atom. The largest absolute Gasteiger partial charge is 0.508 e. The van der Waals surface area contributed by atoms with Gasteiger partial charge in [0.15, 0.2) is 6.04 Å². The van der Waals surface area contributed by atoms with Gasteiger partial charge in [-0.15, -0.1) is 0 Å². The third-order valence-corrected chi connectivity index (χ3v) is 9.32. The number of carboxylic acids is 1. The van der Waals surface area contributed by atoms with Crippen molar-refractivity contribution in [1.82, 2.24) is 26.6 Å². The average molecular weight is 843 g/mol. The zero-order valence-corrected chi connectivity index (χ0v) is 34.5. The predicted octanol–water partition coefficient (Wildman–Crippen LogP) is 3.59. The van der Waals surface area contributed by atoms with Crippen molar-refractivity contribution in [2.75, 3.05) is 5.32 Å². The first-order valence-corrected chi connectivity index (χ1v) is 19.8. The molecule has 0 saturated heterocycles. The number of rotatable bonds is 22. The molecule has 0 saturated carbocycles. The van der Waals surface area contributed by atoms with Gasteiger partial charge < -0.3 is 52.3 Å². The molecule has 0 heterocycles. The van der Waals surface area contributed by atoms with Crippen LogP contribution >= 0.6 is 0 Å². The lowest BCUT2D eigenvalue weighted by Gasteiger charge is -2.24. The minimum absolute atomic E-state index is 0.0256. The summed E-state index contributed by atoms with van der Waals surface area (Å²) in [6, 6.07) is 12.2. The van der Waals surface area contributed by atoms with Crippen LogP contribution in [0.1, 0.15) is 93.7 Å². The van der Waals surface area contributed by atoms with E-state index in [0.29, 0.717) is 12.0 Å². The Labute approximate surface area is 353 Å². The second-order valence-corrected chi connectivity index (χ2v) is 14.1. The molecule has 4 atom stereocenters. The number of nitrogens with one attached hydrogen (secondary N) is 6. The molecule has 3 aromatic rings. The first kappa shape index (κ1) is 48.4. The standard InChI is InChI=1S/C44H54N6O11/c1-5-8-9-10-11-12-36(54)46-33(6-2)40(56)47-34(7-3)41(57)48-35(25-27-13-21-31(52)22-14-27)42(58)50-38(28-17-23-32(53)24-18-28)43(59)45-30-19-15-29(16-20-30)39(55)49-37(26(4)51)44(60)61/h6-7,13-24,26,35,37-38,51-53H,5,8-12,25H2,1-4H3,(H,45,59)(H,46,54)(H,47,56)(H,48,57)(H,49,55)(H,50,58)(H,60,61)/b33-6+,34-7+/t26-,35-,37?,38+/m1/s1. The van der Waals surface area contributed by atoms with Crippen molar-refractivity contribution in [2.24, 2.45) is 0 Å². The highest BCUT2D eigenvalue weighted by Crippen LogP contribution is 2.21. The zero-order valence-electron chi connectivity index (χ0n) is 34.5. The van der Waals surface area contributed by atoms with E-state index in [4.69, 9.17) is 0 Å². The van der Waals surface area contributed by atoms with E-state index >= 15 is 0 Å². The molecule has 0 spiro atoms. The number of carboxylic acid groups (broad SMARTS) is 1. The predicted molar refractivity (Wildman–Crippen MR) is 226 cm³/mol. The minimum Gasteiger partial charge on any atom is -0.508 e. The number of aliphatic hydroxyl groups excluding tert-OH is 1. The Morgan fingerprint density at radius 2 is 1.25 bits per heavy atom.